The van der Waals surface area contributed by atoms with Gasteiger partial charge in [0.15, 0.2) is 7.85 Å². The van der Waals surface area contributed by atoms with E-state index in [4.69, 9.17) is 0 Å². The predicted molar refractivity (Wildman–Crippen MR) is 70.0 cm³/mol. The SMILES string of the molecule is BC(=O)Cc1ccc(N2C(=O)CC(C)C2=O)cc1. The van der Waals surface area contributed by atoms with Gasteiger partial charge in [-0.05, 0) is 17.7 Å². The van der Waals surface area contributed by atoms with Crippen molar-refractivity contribution >= 4 is 31.0 Å². The second-order valence-electron chi connectivity index (χ2n) is 4.72. The Labute approximate surface area is 106 Å². The van der Waals surface area contributed by atoms with Crippen LogP contribution in [0.25, 0.3) is 0 Å². The topological polar surface area (TPSA) is 54.5 Å². The van der Waals surface area contributed by atoms with Crippen molar-refractivity contribution in [2.45, 2.75) is 19.8 Å². The van der Waals surface area contributed by atoms with Gasteiger partial charge in [0.05, 0.1) is 11.4 Å². The van der Waals surface area contributed by atoms with Gasteiger partial charge in [-0.25, -0.2) is 0 Å². The second-order valence-corrected chi connectivity index (χ2v) is 4.72. The van der Waals surface area contributed by atoms with Crippen molar-refractivity contribution in [3.8, 4) is 0 Å². The van der Waals surface area contributed by atoms with Crippen LogP contribution in [0.3, 0.4) is 0 Å². The van der Waals surface area contributed by atoms with Crippen molar-refractivity contribution in [1.82, 2.24) is 0 Å². The Kier molecular flexibility index (Phi) is 3.32. The van der Waals surface area contributed by atoms with Gasteiger partial charge in [-0.1, -0.05) is 19.1 Å². The number of hydrogen-bond donors (Lipinski definition) is 0. The molecule has 92 valence electrons. The smallest absolute Gasteiger partial charge is 0.237 e. The fraction of sp³-hybridized carbons (Fsp3) is 0.308. The molecule has 1 aliphatic heterocycles. The summed E-state index contributed by atoms with van der Waals surface area (Å²) in [5.41, 5.74) is 1.56. The van der Waals surface area contributed by atoms with Crippen LogP contribution >= 0.6 is 0 Å². The van der Waals surface area contributed by atoms with E-state index < -0.39 is 0 Å². The van der Waals surface area contributed by atoms with Gasteiger partial charge in [0.1, 0.15) is 0 Å². The summed E-state index contributed by atoms with van der Waals surface area (Å²) in [6, 6.07) is 6.98. The molecule has 1 unspecified atom stereocenters. The number of hydrogen-bond acceptors (Lipinski definition) is 3. The van der Waals surface area contributed by atoms with Gasteiger partial charge in [0.2, 0.25) is 11.8 Å². The van der Waals surface area contributed by atoms with Gasteiger partial charge in [0, 0.05) is 18.8 Å². The summed E-state index contributed by atoms with van der Waals surface area (Å²) in [7, 11) is 1.53. The molecule has 1 aromatic carbocycles. The molecule has 4 nitrogen and oxygen atoms in total. The van der Waals surface area contributed by atoms with Crippen molar-refractivity contribution in [1.29, 1.82) is 0 Å². The Balaban J connectivity index is 2.22. The van der Waals surface area contributed by atoms with E-state index in [0.717, 1.165) is 5.56 Å². The van der Waals surface area contributed by atoms with E-state index in [9.17, 15) is 14.4 Å². The normalized spacial score (nSPS) is 19.4. The molecule has 2 amide bonds. The van der Waals surface area contributed by atoms with E-state index in [2.05, 4.69) is 0 Å². The number of rotatable bonds is 3. The molecule has 1 saturated heterocycles. The van der Waals surface area contributed by atoms with Gasteiger partial charge in [-0.3, -0.25) is 14.5 Å². The highest BCUT2D eigenvalue weighted by Gasteiger charge is 2.36. The lowest BCUT2D eigenvalue weighted by Gasteiger charge is -2.14. The van der Waals surface area contributed by atoms with Gasteiger partial charge in [-0.2, -0.15) is 0 Å². The average Bonchev–Trinajstić information content (AvgIpc) is 2.54. The summed E-state index contributed by atoms with van der Waals surface area (Å²) < 4.78 is 0. The Morgan fingerprint density at radius 3 is 2.39 bits per heavy atom. The van der Waals surface area contributed by atoms with Crippen LogP contribution < -0.4 is 4.90 Å². The van der Waals surface area contributed by atoms with E-state index >= 15 is 0 Å². The van der Waals surface area contributed by atoms with E-state index in [-0.39, 0.29) is 29.8 Å². The summed E-state index contributed by atoms with van der Waals surface area (Å²) in [6.45, 7) is 1.75. The lowest BCUT2D eigenvalue weighted by molar-refractivity contribution is -0.122. The Hall–Kier alpha value is -1.91. The highest BCUT2D eigenvalue weighted by Crippen LogP contribution is 2.26. The third-order valence-corrected chi connectivity index (χ3v) is 3.02. The largest absolute Gasteiger partial charge is 0.312 e. The zero-order valence-electron chi connectivity index (χ0n) is 10.5. The van der Waals surface area contributed by atoms with Crippen molar-refractivity contribution in [2.75, 3.05) is 4.90 Å². The number of carbonyl (C=O) groups is 3. The predicted octanol–water partition coefficient (Wildman–Crippen LogP) is 0.288. The summed E-state index contributed by atoms with van der Waals surface area (Å²) in [5.74, 6) is -0.555. The molecule has 1 heterocycles. The number of imide groups is 1. The fourth-order valence-corrected chi connectivity index (χ4v) is 2.11. The molecule has 5 heteroatoms. The first-order valence-electron chi connectivity index (χ1n) is 5.94. The van der Waals surface area contributed by atoms with Crippen LogP contribution in [0, 0.1) is 5.92 Å². The van der Waals surface area contributed by atoms with Crippen LogP contribution in [-0.4, -0.2) is 25.3 Å². The second kappa shape index (κ2) is 4.76. The lowest BCUT2D eigenvalue weighted by atomic mass is 9.95. The van der Waals surface area contributed by atoms with Crippen LogP contribution in [0.2, 0.25) is 0 Å². The minimum absolute atomic E-state index is 0.0877. The minimum Gasteiger partial charge on any atom is -0.312 e. The van der Waals surface area contributed by atoms with Crippen molar-refractivity contribution < 1.29 is 14.4 Å². The molecule has 0 saturated carbocycles. The average molecular weight is 243 g/mol. The zero-order chi connectivity index (χ0) is 13.3. The molecule has 0 spiro atoms. The quantitative estimate of drug-likeness (QED) is 0.566. The third kappa shape index (κ3) is 2.35. The maximum absolute atomic E-state index is 11.8. The van der Waals surface area contributed by atoms with Crippen LogP contribution in [0.4, 0.5) is 5.69 Å². The molecule has 1 aliphatic rings. The maximum Gasteiger partial charge on any atom is 0.237 e. The number of amides is 2. The number of benzene rings is 1. The zero-order valence-corrected chi connectivity index (χ0v) is 10.5. The molecule has 1 fully saturated rings. The molecule has 1 atom stereocenters. The first-order valence-corrected chi connectivity index (χ1v) is 5.94. The number of nitrogens with zero attached hydrogens (tertiary/aromatic N) is 1. The van der Waals surface area contributed by atoms with Crippen LogP contribution in [0.1, 0.15) is 18.9 Å². The van der Waals surface area contributed by atoms with Gasteiger partial charge < -0.3 is 4.79 Å². The van der Waals surface area contributed by atoms with Crippen LogP contribution in [-0.2, 0) is 20.8 Å². The summed E-state index contributed by atoms with van der Waals surface area (Å²) >= 11 is 0. The fourth-order valence-electron chi connectivity index (χ4n) is 2.11. The van der Waals surface area contributed by atoms with Crippen LogP contribution in [0.5, 0.6) is 0 Å². The molecule has 1 aromatic rings. The third-order valence-electron chi connectivity index (χ3n) is 3.02. The molecule has 0 aliphatic carbocycles. The first kappa shape index (κ1) is 12.5. The summed E-state index contributed by atoms with van der Waals surface area (Å²) in [5, 5.41) is 0. The maximum atomic E-state index is 11.8. The minimum atomic E-state index is -0.241. The Morgan fingerprint density at radius 2 is 1.94 bits per heavy atom. The molecule has 0 aromatic heterocycles. The monoisotopic (exact) mass is 243 g/mol. The molecular weight excluding hydrogens is 229 g/mol. The Bertz CT molecular complexity index is 509. The van der Waals surface area contributed by atoms with Crippen molar-refractivity contribution in [2.24, 2.45) is 5.92 Å². The van der Waals surface area contributed by atoms with Crippen molar-refractivity contribution in [3.63, 3.8) is 0 Å². The molecule has 0 N–H and O–H groups in total. The number of anilines is 1. The molecular formula is C13H14BNO3. The highest BCUT2D eigenvalue weighted by atomic mass is 16.2. The van der Waals surface area contributed by atoms with Gasteiger partial charge >= 0.3 is 0 Å². The lowest BCUT2D eigenvalue weighted by Crippen LogP contribution is -2.29. The standard InChI is InChI=1S/C13H14BNO3/c1-8-6-12(17)15(13(8)18)10-4-2-9(3-5-10)7-11(14)16/h2-5,8H,6-7,14H2,1H3. The summed E-state index contributed by atoms with van der Waals surface area (Å²) in [4.78, 5) is 35.7. The highest BCUT2D eigenvalue weighted by molar-refractivity contribution is 6.57. The number of carbonyl (C=O) groups excluding carboxylic acids is 3. The Morgan fingerprint density at radius 1 is 1.33 bits per heavy atom. The van der Waals surface area contributed by atoms with E-state index in [0.29, 0.717) is 12.1 Å². The molecule has 2 rings (SSSR count). The molecule has 0 bridgehead atoms. The van der Waals surface area contributed by atoms with Gasteiger partial charge in [-0.15, -0.1) is 0 Å². The summed E-state index contributed by atoms with van der Waals surface area (Å²) in [6.07, 6.45) is 0.645. The molecule has 18 heavy (non-hydrogen) atoms. The van der Waals surface area contributed by atoms with Crippen LogP contribution in [0.15, 0.2) is 24.3 Å². The molecule has 0 radical (unpaired) electrons. The van der Waals surface area contributed by atoms with E-state index in [1.165, 1.54) is 12.7 Å². The van der Waals surface area contributed by atoms with E-state index in [1.54, 1.807) is 31.2 Å². The first-order chi connectivity index (χ1) is 8.49. The van der Waals surface area contributed by atoms with Gasteiger partial charge in [0.25, 0.3) is 0 Å². The van der Waals surface area contributed by atoms with Crippen molar-refractivity contribution in [3.05, 3.63) is 29.8 Å². The van der Waals surface area contributed by atoms with E-state index in [1.807, 2.05) is 0 Å².